The molecule has 1 aromatic heterocycles. The van der Waals surface area contributed by atoms with Crippen molar-refractivity contribution in [1.29, 1.82) is 0 Å². The number of nitrogen functional groups attached to an aromatic ring is 2. The number of aromatic nitrogens is 3. The number of hydrogen-bond acceptors (Lipinski definition) is 9. The van der Waals surface area contributed by atoms with Crippen molar-refractivity contribution in [3.63, 3.8) is 0 Å². The predicted octanol–water partition coefficient (Wildman–Crippen LogP) is -2.92. The number of aliphatic hydroxyl groups is 3. The Hall–Kier alpha value is -1.71. The Morgan fingerprint density at radius 3 is 2.00 bits per heavy atom. The third kappa shape index (κ3) is 3.35. The molecule has 0 aromatic carbocycles. The van der Waals surface area contributed by atoms with Crippen molar-refractivity contribution >= 4 is 17.8 Å². The van der Waals surface area contributed by atoms with Crippen LogP contribution in [0.4, 0.5) is 17.8 Å². The summed E-state index contributed by atoms with van der Waals surface area (Å²) >= 11 is 0. The summed E-state index contributed by atoms with van der Waals surface area (Å²) in [6.07, 6.45) is 0. The van der Waals surface area contributed by atoms with Gasteiger partial charge >= 0.3 is 0 Å². The Labute approximate surface area is 78.4 Å². The van der Waals surface area contributed by atoms with E-state index in [1.807, 2.05) is 0 Å². The Balaban J connectivity index is 2.68. The molecule has 0 aliphatic heterocycles. The molecule has 0 amide bonds. The van der Waals surface area contributed by atoms with Gasteiger partial charge in [-0.25, -0.2) is 0 Å². The van der Waals surface area contributed by atoms with Gasteiger partial charge in [0.05, 0.1) is 6.54 Å². The maximum atomic E-state index is 8.53. The van der Waals surface area contributed by atoms with Crippen molar-refractivity contribution in [1.82, 2.24) is 15.0 Å². The SMILES string of the molecule is Nc1nc(N)nc(NCC(O)(O)O)n1. The standard InChI is InChI=1S/C5H10N6O3/c6-2-9-3(7)11-4(10-2)8-1-5(12,13)14/h12-14H,1H2,(H5,6,7,8,9,10,11). The van der Waals surface area contributed by atoms with Crippen LogP contribution >= 0.6 is 0 Å². The molecule has 0 atom stereocenters. The average molecular weight is 202 g/mol. The van der Waals surface area contributed by atoms with E-state index in [0.29, 0.717) is 0 Å². The van der Waals surface area contributed by atoms with Gasteiger partial charge in [0, 0.05) is 0 Å². The van der Waals surface area contributed by atoms with E-state index in [1.165, 1.54) is 0 Å². The molecule has 14 heavy (non-hydrogen) atoms. The van der Waals surface area contributed by atoms with Crippen LogP contribution < -0.4 is 16.8 Å². The highest BCUT2D eigenvalue weighted by Crippen LogP contribution is 2.04. The lowest BCUT2D eigenvalue weighted by atomic mass is 10.5. The van der Waals surface area contributed by atoms with E-state index >= 15 is 0 Å². The first-order valence-electron chi connectivity index (χ1n) is 3.55. The van der Waals surface area contributed by atoms with Crippen molar-refractivity contribution < 1.29 is 15.3 Å². The molecule has 0 spiro atoms. The summed E-state index contributed by atoms with van der Waals surface area (Å²) < 4.78 is 0. The van der Waals surface area contributed by atoms with Gasteiger partial charge in [0.2, 0.25) is 17.8 Å². The fourth-order valence-electron chi connectivity index (χ4n) is 0.686. The summed E-state index contributed by atoms with van der Waals surface area (Å²) in [6, 6.07) is 0. The summed E-state index contributed by atoms with van der Waals surface area (Å²) in [4.78, 5) is 10.6. The van der Waals surface area contributed by atoms with E-state index in [9.17, 15) is 0 Å². The molecule has 9 nitrogen and oxygen atoms in total. The van der Waals surface area contributed by atoms with Crippen LogP contribution in [-0.2, 0) is 0 Å². The lowest BCUT2D eigenvalue weighted by Crippen LogP contribution is -2.36. The normalized spacial score (nSPS) is 11.4. The van der Waals surface area contributed by atoms with E-state index in [-0.39, 0.29) is 17.8 Å². The Kier molecular flexibility index (Phi) is 2.65. The van der Waals surface area contributed by atoms with Gasteiger partial charge in [-0.3, -0.25) is 0 Å². The van der Waals surface area contributed by atoms with E-state index < -0.39 is 12.5 Å². The molecule has 0 fully saturated rings. The van der Waals surface area contributed by atoms with Gasteiger partial charge in [-0.2, -0.15) is 15.0 Å². The second-order valence-corrected chi connectivity index (χ2v) is 2.50. The minimum atomic E-state index is -2.85. The summed E-state index contributed by atoms with van der Waals surface area (Å²) in [6.45, 7) is -0.587. The zero-order valence-corrected chi connectivity index (χ0v) is 7.05. The number of rotatable bonds is 3. The Morgan fingerprint density at radius 1 is 1.07 bits per heavy atom. The molecule has 0 saturated heterocycles. The Morgan fingerprint density at radius 2 is 1.57 bits per heavy atom. The zero-order chi connectivity index (χ0) is 10.8. The van der Waals surface area contributed by atoms with E-state index in [4.69, 9.17) is 26.8 Å². The highest BCUT2D eigenvalue weighted by Gasteiger charge is 2.18. The number of nitrogens with one attached hydrogen (secondary N) is 1. The number of nitrogens with zero attached hydrogens (tertiary/aromatic N) is 3. The van der Waals surface area contributed by atoms with Gasteiger partial charge in [-0.05, 0) is 0 Å². The number of anilines is 3. The second-order valence-electron chi connectivity index (χ2n) is 2.50. The first-order chi connectivity index (χ1) is 6.37. The lowest BCUT2D eigenvalue weighted by molar-refractivity contribution is -0.300. The number of hydrogen-bond donors (Lipinski definition) is 6. The molecule has 0 radical (unpaired) electrons. The monoisotopic (exact) mass is 202 g/mol. The van der Waals surface area contributed by atoms with Crippen LogP contribution in [0.1, 0.15) is 0 Å². The molecule has 1 aromatic rings. The highest BCUT2D eigenvalue weighted by atomic mass is 16.7. The fraction of sp³-hybridized carbons (Fsp3) is 0.400. The quantitative estimate of drug-likeness (QED) is 0.281. The average Bonchev–Trinajstić information content (AvgIpc) is 1.97. The molecule has 0 unspecified atom stereocenters. The molecule has 1 rings (SSSR count). The topological polar surface area (TPSA) is 163 Å². The van der Waals surface area contributed by atoms with Crippen molar-refractivity contribution in [3.8, 4) is 0 Å². The van der Waals surface area contributed by atoms with Gasteiger partial charge < -0.3 is 32.1 Å². The van der Waals surface area contributed by atoms with Crippen LogP contribution in [0.25, 0.3) is 0 Å². The highest BCUT2D eigenvalue weighted by molar-refractivity contribution is 5.36. The smallest absolute Gasteiger partial charge is 0.293 e. The van der Waals surface area contributed by atoms with E-state index in [1.54, 1.807) is 0 Å². The summed E-state index contributed by atoms with van der Waals surface area (Å²) in [7, 11) is 0. The largest absolute Gasteiger partial charge is 0.368 e. The fourth-order valence-corrected chi connectivity index (χ4v) is 0.686. The first kappa shape index (κ1) is 10.4. The zero-order valence-electron chi connectivity index (χ0n) is 7.05. The van der Waals surface area contributed by atoms with Gasteiger partial charge in [0.25, 0.3) is 5.97 Å². The number of nitrogens with two attached hydrogens (primary N) is 2. The van der Waals surface area contributed by atoms with Gasteiger partial charge in [0.15, 0.2) is 0 Å². The van der Waals surface area contributed by atoms with Crippen LogP contribution in [0.15, 0.2) is 0 Å². The van der Waals surface area contributed by atoms with Gasteiger partial charge in [0.1, 0.15) is 0 Å². The Bertz CT molecular complexity index is 303. The minimum absolute atomic E-state index is 0.0588. The van der Waals surface area contributed by atoms with Crippen LogP contribution in [0.2, 0.25) is 0 Å². The third-order valence-electron chi connectivity index (χ3n) is 1.15. The molecule has 0 bridgehead atoms. The molecular formula is C5H10N6O3. The van der Waals surface area contributed by atoms with Crippen LogP contribution in [0.3, 0.4) is 0 Å². The molecule has 9 heteroatoms. The van der Waals surface area contributed by atoms with Gasteiger partial charge in [-0.1, -0.05) is 0 Å². The minimum Gasteiger partial charge on any atom is -0.368 e. The maximum Gasteiger partial charge on any atom is 0.293 e. The van der Waals surface area contributed by atoms with Crippen molar-refractivity contribution in [2.45, 2.75) is 5.97 Å². The van der Waals surface area contributed by atoms with Crippen LogP contribution in [-0.4, -0.2) is 42.8 Å². The molecule has 78 valence electrons. The van der Waals surface area contributed by atoms with Crippen molar-refractivity contribution in [2.24, 2.45) is 0 Å². The van der Waals surface area contributed by atoms with Crippen LogP contribution in [0, 0.1) is 0 Å². The second kappa shape index (κ2) is 3.57. The van der Waals surface area contributed by atoms with E-state index in [0.717, 1.165) is 0 Å². The molecule has 0 aliphatic rings. The molecule has 0 aliphatic carbocycles. The molecular weight excluding hydrogens is 192 g/mol. The molecule has 1 heterocycles. The van der Waals surface area contributed by atoms with Crippen molar-refractivity contribution in [2.75, 3.05) is 23.3 Å². The van der Waals surface area contributed by atoms with E-state index in [2.05, 4.69) is 20.3 Å². The maximum absolute atomic E-state index is 8.53. The lowest BCUT2D eigenvalue weighted by Gasteiger charge is -2.14. The van der Waals surface area contributed by atoms with Crippen LogP contribution in [0.5, 0.6) is 0 Å². The summed E-state index contributed by atoms with van der Waals surface area (Å²) in [5, 5.41) is 27.9. The van der Waals surface area contributed by atoms with Gasteiger partial charge in [-0.15, -0.1) is 0 Å². The predicted molar refractivity (Wildman–Crippen MR) is 46.5 cm³/mol. The summed E-state index contributed by atoms with van der Waals surface area (Å²) in [5.41, 5.74) is 10.5. The van der Waals surface area contributed by atoms with Crippen molar-refractivity contribution in [3.05, 3.63) is 0 Å². The molecule has 8 N–H and O–H groups in total. The first-order valence-corrected chi connectivity index (χ1v) is 3.55. The molecule has 0 saturated carbocycles. The summed E-state index contributed by atoms with van der Waals surface area (Å²) in [5.74, 6) is -3.13. The third-order valence-corrected chi connectivity index (χ3v) is 1.15.